The smallest absolute Gasteiger partial charge is 0.237 e. The van der Waals surface area contributed by atoms with E-state index in [4.69, 9.17) is 4.74 Å². The second-order valence-electron chi connectivity index (χ2n) is 11.9. The second-order valence-corrected chi connectivity index (χ2v) is 11.9. The van der Waals surface area contributed by atoms with E-state index >= 15 is 0 Å². The van der Waals surface area contributed by atoms with Crippen LogP contribution in [0.25, 0.3) is 0 Å². The number of ether oxygens (including phenoxy) is 1. The summed E-state index contributed by atoms with van der Waals surface area (Å²) in [5.41, 5.74) is 0.809. The first kappa shape index (κ1) is 27.9. The van der Waals surface area contributed by atoms with Gasteiger partial charge in [0.2, 0.25) is 17.7 Å². The van der Waals surface area contributed by atoms with Crippen LogP contribution in [0.5, 0.6) is 5.75 Å². The van der Waals surface area contributed by atoms with Gasteiger partial charge in [-0.05, 0) is 63.5 Å². The van der Waals surface area contributed by atoms with E-state index in [1.807, 2.05) is 28.9 Å². The van der Waals surface area contributed by atoms with Crippen molar-refractivity contribution in [1.82, 2.24) is 20.0 Å². The number of likely N-dealkylation sites (tertiary alicyclic amines) is 1. The van der Waals surface area contributed by atoms with Crippen LogP contribution in [-0.2, 0) is 20.8 Å². The van der Waals surface area contributed by atoms with Crippen LogP contribution in [0.3, 0.4) is 0 Å². The maximum absolute atomic E-state index is 13.9. The summed E-state index contributed by atoms with van der Waals surface area (Å²) in [6.07, 6.45) is 10.1. The molecule has 8 heteroatoms. The number of carbonyl (C=O) groups is 3. The van der Waals surface area contributed by atoms with Gasteiger partial charge in [-0.2, -0.15) is 0 Å². The lowest BCUT2D eigenvalue weighted by molar-refractivity contribution is -0.150. The van der Waals surface area contributed by atoms with E-state index in [-0.39, 0.29) is 30.2 Å². The first-order chi connectivity index (χ1) is 19.0. The summed E-state index contributed by atoms with van der Waals surface area (Å²) in [5.74, 6) is 1.19. The van der Waals surface area contributed by atoms with Gasteiger partial charge in [-0.1, -0.05) is 37.5 Å². The molecule has 1 aromatic carbocycles. The number of carbonyl (C=O) groups excluding carboxylic acids is 3. The average Bonchev–Trinajstić information content (AvgIpc) is 3.49. The fourth-order valence-electron chi connectivity index (χ4n) is 7.30. The Morgan fingerprint density at radius 2 is 1.77 bits per heavy atom. The quantitative estimate of drug-likeness (QED) is 0.636. The highest BCUT2D eigenvalue weighted by Crippen LogP contribution is 2.40. The number of nitrogens with one attached hydrogen (secondary N) is 1. The third-order valence-corrected chi connectivity index (χ3v) is 9.67. The van der Waals surface area contributed by atoms with Gasteiger partial charge in [-0.15, -0.1) is 0 Å². The molecule has 1 N–H and O–H groups in total. The van der Waals surface area contributed by atoms with Crippen molar-refractivity contribution in [2.45, 2.75) is 89.6 Å². The van der Waals surface area contributed by atoms with E-state index in [0.29, 0.717) is 58.2 Å². The number of aryl methyl sites for hydroxylation is 1. The minimum absolute atomic E-state index is 0.00754. The van der Waals surface area contributed by atoms with Crippen molar-refractivity contribution in [2.24, 2.45) is 5.41 Å². The summed E-state index contributed by atoms with van der Waals surface area (Å²) in [5, 5.41) is 2.99. The maximum Gasteiger partial charge on any atom is 0.237 e. The van der Waals surface area contributed by atoms with E-state index in [9.17, 15) is 14.4 Å². The molecule has 3 fully saturated rings. The number of likely N-dealkylation sites (N-methyl/N-ethyl adjacent to an activating group) is 1. The van der Waals surface area contributed by atoms with Crippen LogP contribution >= 0.6 is 0 Å². The molecule has 0 radical (unpaired) electrons. The summed E-state index contributed by atoms with van der Waals surface area (Å²) < 4.78 is 6.11. The summed E-state index contributed by atoms with van der Waals surface area (Å²) in [7, 11) is 0. The van der Waals surface area contributed by atoms with Crippen LogP contribution in [-0.4, -0.2) is 90.4 Å². The molecule has 39 heavy (non-hydrogen) atoms. The summed E-state index contributed by atoms with van der Waals surface area (Å²) in [6, 6.07) is 8.29. The number of nitrogens with zero attached hydrogens (tertiary/aromatic N) is 3. The topological polar surface area (TPSA) is 82.2 Å². The van der Waals surface area contributed by atoms with Gasteiger partial charge in [-0.3, -0.25) is 19.3 Å². The molecular weight excluding hydrogens is 492 g/mol. The van der Waals surface area contributed by atoms with Gasteiger partial charge >= 0.3 is 0 Å². The number of piperidine rings is 1. The number of benzene rings is 1. The van der Waals surface area contributed by atoms with Gasteiger partial charge in [0.15, 0.2) is 0 Å². The van der Waals surface area contributed by atoms with Gasteiger partial charge in [0.05, 0.1) is 24.4 Å². The average molecular weight is 539 g/mol. The van der Waals surface area contributed by atoms with Crippen LogP contribution in [0.15, 0.2) is 24.3 Å². The maximum atomic E-state index is 13.9. The molecule has 1 spiro atoms. The lowest BCUT2D eigenvalue weighted by atomic mass is 9.73. The van der Waals surface area contributed by atoms with Gasteiger partial charge in [-0.25, -0.2) is 0 Å². The Morgan fingerprint density at radius 1 is 1.00 bits per heavy atom. The van der Waals surface area contributed by atoms with Crippen LogP contribution in [0, 0.1) is 5.41 Å². The molecule has 214 valence electrons. The number of para-hydroxylation sites is 1. The van der Waals surface area contributed by atoms with E-state index in [1.165, 1.54) is 18.4 Å². The zero-order chi connectivity index (χ0) is 27.2. The van der Waals surface area contributed by atoms with Crippen LogP contribution < -0.4 is 10.1 Å². The Morgan fingerprint density at radius 3 is 2.54 bits per heavy atom. The van der Waals surface area contributed by atoms with E-state index in [2.05, 4.69) is 22.3 Å². The Kier molecular flexibility index (Phi) is 9.10. The van der Waals surface area contributed by atoms with E-state index in [0.717, 1.165) is 50.8 Å². The van der Waals surface area contributed by atoms with E-state index in [1.54, 1.807) is 0 Å². The van der Waals surface area contributed by atoms with Gasteiger partial charge in [0, 0.05) is 38.8 Å². The van der Waals surface area contributed by atoms with Crippen LogP contribution in [0.2, 0.25) is 0 Å². The molecule has 1 atom stereocenters. The van der Waals surface area contributed by atoms with Crippen molar-refractivity contribution in [1.29, 1.82) is 0 Å². The predicted molar refractivity (Wildman–Crippen MR) is 150 cm³/mol. The van der Waals surface area contributed by atoms with Crippen molar-refractivity contribution in [2.75, 3.05) is 45.9 Å². The Balaban J connectivity index is 1.23. The highest BCUT2D eigenvalue weighted by atomic mass is 16.5. The lowest BCUT2D eigenvalue weighted by Crippen LogP contribution is -2.59. The molecule has 3 amide bonds. The fourth-order valence-corrected chi connectivity index (χ4v) is 7.30. The lowest BCUT2D eigenvalue weighted by Gasteiger charge is -2.44. The number of hydrogen-bond donors (Lipinski definition) is 1. The summed E-state index contributed by atoms with van der Waals surface area (Å²) in [4.78, 5) is 46.4. The molecule has 8 nitrogen and oxygen atoms in total. The summed E-state index contributed by atoms with van der Waals surface area (Å²) in [6.45, 7) is 6.40. The molecular formula is C31H46N4O4. The van der Waals surface area contributed by atoms with Crippen molar-refractivity contribution in [3.05, 3.63) is 29.8 Å². The monoisotopic (exact) mass is 538 g/mol. The molecule has 5 rings (SSSR count). The first-order valence-corrected chi connectivity index (χ1v) is 15.3. The zero-order valence-electron chi connectivity index (χ0n) is 23.7. The van der Waals surface area contributed by atoms with Gasteiger partial charge in [0.1, 0.15) is 12.4 Å². The van der Waals surface area contributed by atoms with Crippen LogP contribution in [0.4, 0.5) is 0 Å². The Hall–Kier alpha value is -2.61. The molecule has 0 bridgehead atoms. The van der Waals surface area contributed by atoms with Crippen molar-refractivity contribution >= 4 is 17.7 Å². The number of hydrogen-bond acceptors (Lipinski definition) is 5. The molecule has 1 unspecified atom stereocenters. The SMILES string of the molecule is CCN1CCOc2ccccc2CCCCC2(CCN(C(=O)CC3C(=O)NCCN3C3CCCC3)CC2)C1=O. The summed E-state index contributed by atoms with van der Waals surface area (Å²) >= 11 is 0. The van der Waals surface area contributed by atoms with E-state index < -0.39 is 5.41 Å². The van der Waals surface area contributed by atoms with Crippen molar-refractivity contribution in [3.63, 3.8) is 0 Å². The predicted octanol–water partition coefficient (Wildman–Crippen LogP) is 3.38. The molecule has 1 aromatic rings. The molecule has 4 aliphatic rings. The number of amides is 3. The zero-order valence-corrected chi connectivity index (χ0v) is 23.7. The number of piperazine rings is 1. The number of fused-ring (bicyclic) bond motifs is 1. The minimum atomic E-state index is -0.427. The largest absolute Gasteiger partial charge is 0.491 e. The molecule has 3 aliphatic heterocycles. The Labute approximate surface area is 233 Å². The normalized spacial score (nSPS) is 25.4. The third-order valence-electron chi connectivity index (χ3n) is 9.67. The molecule has 2 saturated heterocycles. The molecule has 0 aromatic heterocycles. The molecule has 1 saturated carbocycles. The van der Waals surface area contributed by atoms with Crippen LogP contribution in [0.1, 0.15) is 76.7 Å². The van der Waals surface area contributed by atoms with Gasteiger partial charge in [0.25, 0.3) is 0 Å². The first-order valence-electron chi connectivity index (χ1n) is 15.3. The standard InChI is InChI=1S/C31H46N4O4/c1-2-33-21-22-39-27-13-6-3-9-24(27)10-7-8-14-31(30(33)38)15-18-34(19-16-31)28(36)23-26-29(37)32-17-20-35(26)25-11-4-5-12-25/h3,6,9,13,25-26H,2,4-5,7-8,10-12,14-23H2,1H3,(H,32,37). The van der Waals surface area contributed by atoms with Crippen molar-refractivity contribution < 1.29 is 19.1 Å². The highest BCUT2D eigenvalue weighted by molar-refractivity contribution is 5.89. The van der Waals surface area contributed by atoms with Gasteiger partial charge < -0.3 is 19.9 Å². The fraction of sp³-hybridized carbons (Fsp3) is 0.710. The number of rotatable bonds is 4. The minimum Gasteiger partial charge on any atom is -0.491 e. The Bertz CT molecular complexity index is 1020. The third kappa shape index (κ3) is 6.26. The van der Waals surface area contributed by atoms with Crippen molar-refractivity contribution in [3.8, 4) is 5.75 Å². The molecule has 3 heterocycles. The second kappa shape index (κ2) is 12.7. The highest BCUT2D eigenvalue weighted by Gasteiger charge is 2.44. The molecule has 1 aliphatic carbocycles.